The van der Waals surface area contributed by atoms with Gasteiger partial charge in [-0.1, -0.05) is 105 Å². The summed E-state index contributed by atoms with van der Waals surface area (Å²) in [4.78, 5) is 0. The fraction of sp³-hybridized carbons (Fsp3) is 0.438. The lowest BCUT2D eigenvalue weighted by atomic mass is 10.0. The Balaban J connectivity index is 1.44. The summed E-state index contributed by atoms with van der Waals surface area (Å²) in [6, 6.07) is 29.3. The van der Waals surface area contributed by atoms with Gasteiger partial charge in [0.15, 0.2) is 0 Å². The van der Waals surface area contributed by atoms with Crippen LogP contribution in [0.25, 0.3) is 0 Å². The molecule has 0 saturated carbocycles. The van der Waals surface area contributed by atoms with E-state index in [1.165, 1.54) is 41.5 Å². The van der Waals surface area contributed by atoms with Gasteiger partial charge in [0.2, 0.25) is 0 Å². The minimum atomic E-state index is -3.61. The van der Waals surface area contributed by atoms with Crippen LogP contribution in [0.3, 0.4) is 0 Å². The maximum atomic E-state index is 13.4. The summed E-state index contributed by atoms with van der Waals surface area (Å²) >= 11 is 0. The van der Waals surface area contributed by atoms with Gasteiger partial charge in [0.05, 0.1) is 19.8 Å². The van der Waals surface area contributed by atoms with Crippen molar-refractivity contribution in [1.82, 2.24) is 0 Å². The Bertz CT molecular complexity index is 987. The Morgan fingerprint density at radius 1 is 0.514 bits per heavy atom. The van der Waals surface area contributed by atoms with Crippen LogP contribution in [0.5, 0.6) is 0 Å². The normalized spacial score (nSPS) is 11.6. The molecule has 0 bridgehead atoms. The molecule has 0 aliphatic rings. The molecule has 4 nitrogen and oxygen atoms in total. The van der Waals surface area contributed by atoms with Crippen LogP contribution in [0.4, 0.5) is 0 Å². The van der Waals surface area contributed by atoms with Gasteiger partial charge in [-0.25, -0.2) is 4.57 Å². The first-order chi connectivity index (χ1) is 18.2. The number of phosphoric acid groups is 1. The van der Waals surface area contributed by atoms with E-state index >= 15 is 0 Å². The molecule has 0 aliphatic heterocycles. The van der Waals surface area contributed by atoms with E-state index < -0.39 is 7.82 Å². The van der Waals surface area contributed by atoms with Crippen molar-refractivity contribution < 1.29 is 18.1 Å². The van der Waals surface area contributed by atoms with Crippen LogP contribution >= 0.6 is 7.82 Å². The Kier molecular flexibility index (Phi) is 13.7. The molecule has 0 atom stereocenters. The molecule has 0 fully saturated rings. The average molecular weight is 523 g/mol. The average Bonchev–Trinajstić information content (AvgIpc) is 2.93. The number of unbranched alkanes of at least 4 members (excludes halogenated alkanes) is 2. The Hall–Kier alpha value is -2.23. The zero-order valence-electron chi connectivity index (χ0n) is 22.4. The van der Waals surface area contributed by atoms with E-state index in [4.69, 9.17) is 13.6 Å². The zero-order valence-corrected chi connectivity index (χ0v) is 23.2. The van der Waals surface area contributed by atoms with Gasteiger partial charge in [-0.15, -0.1) is 0 Å². The largest absolute Gasteiger partial charge is 0.474 e. The van der Waals surface area contributed by atoms with E-state index in [1.54, 1.807) is 0 Å². The second-order valence-electron chi connectivity index (χ2n) is 9.51. The number of aryl methyl sites for hydroxylation is 4. The van der Waals surface area contributed by atoms with Crippen molar-refractivity contribution in [2.24, 2.45) is 0 Å². The van der Waals surface area contributed by atoms with Gasteiger partial charge >= 0.3 is 7.82 Å². The summed E-state index contributed by atoms with van der Waals surface area (Å²) in [5, 5.41) is 0. The number of rotatable bonds is 19. The molecular weight excluding hydrogens is 479 g/mol. The topological polar surface area (TPSA) is 44.8 Å². The standard InChI is InChI=1S/C32H43O4P/c1-2-3-6-19-31-20-11-21-32(28-31)24-14-27-36-37(33,34-25-12-22-29-15-7-4-8-16-29)35-26-13-23-30-17-9-5-10-18-30/h4-5,7-11,15-18,20-21,28H,2-3,6,12-14,19,22-27H2,1H3. The molecule has 0 saturated heterocycles. The molecule has 0 unspecified atom stereocenters. The number of hydrogen-bond acceptors (Lipinski definition) is 4. The first-order valence-corrected chi connectivity index (χ1v) is 15.3. The first-order valence-electron chi connectivity index (χ1n) is 13.9. The van der Waals surface area contributed by atoms with Gasteiger partial charge in [0, 0.05) is 0 Å². The molecule has 0 heterocycles. The fourth-order valence-corrected chi connectivity index (χ4v) is 5.56. The molecule has 3 aromatic rings. The number of benzene rings is 3. The summed E-state index contributed by atoms with van der Waals surface area (Å²) in [5.74, 6) is 0. The van der Waals surface area contributed by atoms with Gasteiger partial charge in [0.25, 0.3) is 0 Å². The second-order valence-corrected chi connectivity index (χ2v) is 11.2. The SMILES string of the molecule is CCCCCc1cccc(CCCOP(=O)(OCCCc2ccccc2)OCCCc2ccccc2)c1. The van der Waals surface area contributed by atoms with Crippen molar-refractivity contribution in [1.29, 1.82) is 0 Å². The zero-order chi connectivity index (χ0) is 26.0. The van der Waals surface area contributed by atoms with Crippen LogP contribution < -0.4 is 0 Å². The number of phosphoric ester groups is 1. The first kappa shape index (κ1) is 29.3. The maximum Gasteiger partial charge on any atom is 0.474 e. The van der Waals surface area contributed by atoms with E-state index in [1.807, 2.05) is 36.4 Å². The summed E-state index contributed by atoms with van der Waals surface area (Å²) in [5.41, 5.74) is 5.16. The van der Waals surface area contributed by atoms with Gasteiger partial charge in [-0.05, 0) is 73.6 Å². The Morgan fingerprint density at radius 3 is 1.38 bits per heavy atom. The minimum absolute atomic E-state index is 0.338. The second kappa shape index (κ2) is 17.3. The van der Waals surface area contributed by atoms with E-state index in [9.17, 15) is 4.57 Å². The summed E-state index contributed by atoms with van der Waals surface area (Å²) in [7, 11) is -3.61. The minimum Gasteiger partial charge on any atom is -0.287 e. The van der Waals surface area contributed by atoms with Gasteiger partial charge in [-0.2, -0.15) is 0 Å². The highest BCUT2D eigenvalue weighted by Crippen LogP contribution is 2.49. The third-order valence-corrected chi connectivity index (χ3v) is 7.82. The van der Waals surface area contributed by atoms with Crippen LogP contribution in [0.2, 0.25) is 0 Å². The van der Waals surface area contributed by atoms with E-state index in [0.29, 0.717) is 19.8 Å². The molecule has 0 amide bonds. The molecule has 0 N–H and O–H groups in total. The summed E-state index contributed by atoms with van der Waals surface area (Å²) in [6.07, 6.45) is 9.76. The molecule has 5 heteroatoms. The van der Waals surface area contributed by atoms with Crippen LogP contribution in [-0.2, 0) is 43.8 Å². The van der Waals surface area contributed by atoms with Crippen molar-refractivity contribution in [3.05, 3.63) is 107 Å². The molecule has 0 radical (unpaired) electrons. The summed E-state index contributed by atoms with van der Waals surface area (Å²) < 4.78 is 30.6. The molecule has 0 aliphatic carbocycles. The van der Waals surface area contributed by atoms with E-state index in [-0.39, 0.29) is 0 Å². The summed E-state index contributed by atoms with van der Waals surface area (Å²) in [6.45, 7) is 3.25. The lowest BCUT2D eigenvalue weighted by Crippen LogP contribution is -2.06. The van der Waals surface area contributed by atoms with Crippen molar-refractivity contribution in [3.8, 4) is 0 Å². The van der Waals surface area contributed by atoms with Gasteiger partial charge in [-0.3, -0.25) is 13.6 Å². The van der Waals surface area contributed by atoms with Crippen molar-refractivity contribution in [3.63, 3.8) is 0 Å². The third-order valence-electron chi connectivity index (χ3n) is 6.32. The van der Waals surface area contributed by atoms with Crippen molar-refractivity contribution >= 4 is 7.82 Å². The lowest BCUT2D eigenvalue weighted by Gasteiger charge is -2.18. The third kappa shape index (κ3) is 12.2. The van der Waals surface area contributed by atoms with Crippen LogP contribution in [0, 0.1) is 0 Å². The predicted octanol–water partition coefficient (Wildman–Crippen LogP) is 8.78. The highest BCUT2D eigenvalue weighted by molar-refractivity contribution is 7.48. The molecular formula is C32H43O4P. The molecule has 200 valence electrons. The predicted molar refractivity (Wildman–Crippen MR) is 153 cm³/mol. The van der Waals surface area contributed by atoms with Crippen LogP contribution in [0.15, 0.2) is 84.9 Å². The van der Waals surface area contributed by atoms with Gasteiger partial charge < -0.3 is 0 Å². The Labute approximate surface area is 224 Å². The molecule has 37 heavy (non-hydrogen) atoms. The highest BCUT2D eigenvalue weighted by Gasteiger charge is 2.26. The molecule has 0 spiro atoms. The van der Waals surface area contributed by atoms with E-state index in [0.717, 1.165) is 44.9 Å². The van der Waals surface area contributed by atoms with Crippen LogP contribution in [-0.4, -0.2) is 19.8 Å². The molecule has 3 aromatic carbocycles. The van der Waals surface area contributed by atoms with Crippen molar-refractivity contribution in [2.75, 3.05) is 19.8 Å². The fourth-order valence-electron chi connectivity index (χ4n) is 4.28. The number of hydrogen-bond donors (Lipinski definition) is 0. The highest BCUT2D eigenvalue weighted by atomic mass is 31.2. The maximum absolute atomic E-state index is 13.4. The van der Waals surface area contributed by atoms with Crippen molar-refractivity contribution in [2.45, 2.75) is 71.1 Å². The van der Waals surface area contributed by atoms with Crippen LogP contribution in [0.1, 0.15) is 67.7 Å². The molecule has 0 aromatic heterocycles. The lowest BCUT2D eigenvalue weighted by molar-refractivity contribution is 0.110. The smallest absolute Gasteiger partial charge is 0.287 e. The quantitative estimate of drug-likeness (QED) is 0.117. The monoisotopic (exact) mass is 522 g/mol. The molecule has 3 rings (SSSR count). The van der Waals surface area contributed by atoms with E-state index in [2.05, 4.69) is 55.5 Å². The Morgan fingerprint density at radius 2 is 0.919 bits per heavy atom. The van der Waals surface area contributed by atoms with Gasteiger partial charge in [0.1, 0.15) is 0 Å².